The molecule has 1 aromatic carbocycles. The first kappa shape index (κ1) is 16.9. The van der Waals surface area contributed by atoms with E-state index in [-0.39, 0.29) is 6.54 Å². The van der Waals surface area contributed by atoms with Crippen molar-refractivity contribution in [3.63, 3.8) is 0 Å². The van der Waals surface area contributed by atoms with Gasteiger partial charge in [-0.25, -0.2) is 0 Å². The standard InChI is InChI=1S/C13H15ClN2O5/c1-8-2-3-9(4-10(8)14)15-11(17)5-16(6-12(18)19)7-13(20)21/h2-4H,5-7H2,1H3,(H,15,17)(H,18,19)(H,20,21). The van der Waals surface area contributed by atoms with Gasteiger partial charge in [-0.2, -0.15) is 0 Å². The first-order valence-electron chi connectivity index (χ1n) is 6.00. The molecule has 3 N–H and O–H groups in total. The van der Waals surface area contributed by atoms with Crippen molar-refractivity contribution in [1.82, 2.24) is 4.90 Å². The molecule has 1 amide bonds. The Hall–Kier alpha value is -2.12. The van der Waals surface area contributed by atoms with Crippen LogP contribution in [0.5, 0.6) is 0 Å². The van der Waals surface area contributed by atoms with E-state index in [2.05, 4.69) is 5.32 Å². The van der Waals surface area contributed by atoms with Crippen molar-refractivity contribution >= 4 is 35.1 Å². The highest BCUT2D eigenvalue weighted by atomic mass is 35.5. The monoisotopic (exact) mass is 314 g/mol. The van der Waals surface area contributed by atoms with E-state index in [1.165, 1.54) is 0 Å². The molecule has 0 atom stereocenters. The summed E-state index contributed by atoms with van der Waals surface area (Å²) in [7, 11) is 0. The van der Waals surface area contributed by atoms with Crippen molar-refractivity contribution in [2.24, 2.45) is 0 Å². The fourth-order valence-electron chi connectivity index (χ4n) is 1.62. The highest BCUT2D eigenvalue weighted by Gasteiger charge is 2.17. The smallest absolute Gasteiger partial charge is 0.317 e. The van der Waals surface area contributed by atoms with Crippen LogP contribution in [-0.2, 0) is 14.4 Å². The molecule has 0 radical (unpaired) electrons. The number of carbonyl (C=O) groups excluding carboxylic acids is 1. The molecule has 21 heavy (non-hydrogen) atoms. The van der Waals surface area contributed by atoms with Crippen LogP contribution in [0.1, 0.15) is 5.56 Å². The highest BCUT2D eigenvalue weighted by molar-refractivity contribution is 6.31. The van der Waals surface area contributed by atoms with Gasteiger partial charge >= 0.3 is 11.9 Å². The summed E-state index contributed by atoms with van der Waals surface area (Å²) in [4.78, 5) is 34.1. The van der Waals surface area contributed by atoms with Crippen molar-refractivity contribution in [3.05, 3.63) is 28.8 Å². The van der Waals surface area contributed by atoms with E-state index in [1.54, 1.807) is 18.2 Å². The minimum absolute atomic E-state index is 0.343. The van der Waals surface area contributed by atoms with Crippen LogP contribution in [0.4, 0.5) is 5.69 Å². The molecule has 0 aliphatic heterocycles. The van der Waals surface area contributed by atoms with E-state index >= 15 is 0 Å². The number of carboxylic acids is 2. The minimum Gasteiger partial charge on any atom is -0.480 e. The van der Waals surface area contributed by atoms with Gasteiger partial charge in [0.1, 0.15) is 0 Å². The van der Waals surface area contributed by atoms with E-state index in [1.807, 2.05) is 6.92 Å². The van der Waals surface area contributed by atoms with Gasteiger partial charge in [0.15, 0.2) is 0 Å². The summed E-state index contributed by atoms with van der Waals surface area (Å²) in [5.41, 5.74) is 1.31. The number of nitrogens with one attached hydrogen (secondary N) is 1. The maximum atomic E-state index is 11.8. The maximum Gasteiger partial charge on any atom is 0.317 e. The molecule has 0 heterocycles. The number of carboxylic acid groups (broad SMARTS) is 2. The highest BCUT2D eigenvalue weighted by Crippen LogP contribution is 2.19. The number of hydrogen-bond donors (Lipinski definition) is 3. The third-order valence-corrected chi connectivity index (χ3v) is 2.95. The molecule has 114 valence electrons. The predicted octanol–water partition coefficient (Wildman–Crippen LogP) is 1.06. The Morgan fingerprint density at radius 3 is 2.19 bits per heavy atom. The van der Waals surface area contributed by atoms with Crippen molar-refractivity contribution in [1.29, 1.82) is 0 Å². The lowest BCUT2D eigenvalue weighted by molar-refractivity contribution is -0.142. The molecule has 0 aliphatic carbocycles. The van der Waals surface area contributed by atoms with Crippen LogP contribution >= 0.6 is 11.6 Å². The van der Waals surface area contributed by atoms with Crippen molar-refractivity contribution in [2.45, 2.75) is 6.92 Å². The van der Waals surface area contributed by atoms with Gasteiger partial charge in [-0.15, -0.1) is 0 Å². The van der Waals surface area contributed by atoms with E-state index in [9.17, 15) is 14.4 Å². The summed E-state index contributed by atoms with van der Waals surface area (Å²) in [5, 5.41) is 20.4. The molecule has 0 spiro atoms. The zero-order chi connectivity index (χ0) is 16.0. The van der Waals surface area contributed by atoms with Gasteiger partial charge in [-0.1, -0.05) is 17.7 Å². The van der Waals surface area contributed by atoms with Crippen molar-refractivity contribution in [3.8, 4) is 0 Å². The summed E-state index contributed by atoms with van der Waals surface area (Å²) in [6.07, 6.45) is 0. The molecule has 0 saturated carbocycles. The van der Waals surface area contributed by atoms with Crippen LogP contribution in [-0.4, -0.2) is 52.6 Å². The van der Waals surface area contributed by atoms with Gasteiger partial charge in [-0.05, 0) is 24.6 Å². The van der Waals surface area contributed by atoms with Gasteiger partial charge in [-0.3, -0.25) is 19.3 Å². The second-order valence-corrected chi connectivity index (χ2v) is 4.85. The Kier molecular flexibility index (Phi) is 6.13. The van der Waals surface area contributed by atoms with Crippen LogP contribution in [0.3, 0.4) is 0 Å². The Balaban J connectivity index is 2.66. The minimum atomic E-state index is -1.21. The van der Waals surface area contributed by atoms with E-state index in [4.69, 9.17) is 21.8 Å². The number of nitrogens with zero attached hydrogens (tertiary/aromatic N) is 1. The second-order valence-electron chi connectivity index (χ2n) is 4.44. The van der Waals surface area contributed by atoms with Crippen molar-refractivity contribution in [2.75, 3.05) is 25.0 Å². The molecule has 1 rings (SSSR count). The molecule has 0 aliphatic rings. The summed E-state index contributed by atoms with van der Waals surface area (Å²) < 4.78 is 0. The number of aryl methyl sites for hydroxylation is 1. The molecule has 0 bridgehead atoms. The molecule has 0 saturated heterocycles. The number of carbonyl (C=O) groups is 3. The average Bonchev–Trinajstić information content (AvgIpc) is 2.31. The molecule has 0 aromatic heterocycles. The molecule has 1 aromatic rings. The zero-order valence-electron chi connectivity index (χ0n) is 11.3. The number of amides is 1. The third kappa shape index (κ3) is 6.24. The van der Waals surface area contributed by atoms with Gasteiger partial charge < -0.3 is 15.5 Å². The summed E-state index contributed by atoms with van der Waals surface area (Å²) in [6, 6.07) is 4.94. The van der Waals surface area contributed by atoms with Crippen LogP contribution in [0.25, 0.3) is 0 Å². The Morgan fingerprint density at radius 2 is 1.71 bits per heavy atom. The van der Waals surface area contributed by atoms with Gasteiger partial charge in [0.25, 0.3) is 0 Å². The summed E-state index contributed by atoms with van der Waals surface area (Å²) in [5.74, 6) is -2.93. The summed E-state index contributed by atoms with van der Waals surface area (Å²) >= 11 is 5.92. The third-order valence-electron chi connectivity index (χ3n) is 2.54. The number of rotatable bonds is 7. The van der Waals surface area contributed by atoms with Gasteiger partial charge in [0.05, 0.1) is 19.6 Å². The van der Waals surface area contributed by atoms with Gasteiger partial charge in [0.2, 0.25) is 5.91 Å². The molecule has 7 nitrogen and oxygen atoms in total. The fourth-order valence-corrected chi connectivity index (χ4v) is 1.81. The average molecular weight is 315 g/mol. The lowest BCUT2D eigenvalue weighted by atomic mass is 10.2. The van der Waals surface area contributed by atoms with Crippen LogP contribution in [0.2, 0.25) is 5.02 Å². The van der Waals surface area contributed by atoms with Gasteiger partial charge in [0, 0.05) is 10.7 Å². The number of benzene rings is 1. The Morgan fingerprint density at radius 1 is 1.14 bits per heavy atom. The van der Waals surface area contributed by atoms with Crippen LogP contribution in [0, 0.1) is 6.92 Å². The number of anilines is 1. The molecule has 0 fully saturated rings. The van der Waals surface area contributed by atoms with E-state index < -0.39 is 30.9 Å². The topological polar surface area (TPSA) is 107 Å². The quantitative estimate of drug-likeness (QED) is 0.694. The maximum absolute atomic E-state index is 11.8. The first-order valence-corrected chi connectivity index (χ1v) is 6.37. The SMILES string of the molecule is Cc1ccc(NC(=O)CN(CC(=O)O)CC(=O)O)cc1Cl. The molecular formula is C13H15ClN2O5. The van der Waals surface area contributed by atoms with E-state index in [0.717, 1.165) is 10.5 Å². The fraction of sp³-hybridized carbons (Fsp3) is 0.308. The summed E-state index contributed by atoms with van der Waals surface area (Å²) in [6.45, 7) is 0.405. The van der Waals surface area contributed by atoms with Crippen LogP contribution in [0.15, 0.2) is 18.2 Å². The number of hydrogen-bond acceptors (Lipinski definition) is 4. The van der Waals surface area contributed by atoms with E-state index in [0.29, 0.717) is 10.7 Å². The lowest BCUT2D eigenvalue weighted by Gasteiger charge is -2.17. The largest absolute Gasteiger partial charge is 0.480 e. The molecular weight excluding hydrogens is 300 g/mol. The second kappa shape index (κ2) is 7.61. The Bertz CT molecular complexity index is 545. The first-order chi connectivity index (χ1) is 9.77. The van der Waals surface area contributed by atoms with Crippen LogP contribution < -0.4 is 5.32 Å². The molecule has 8 heteroatoms. The number of aliphatic carboxylic acids is 2. The molecule has 0 unspecified atom stereocenters. The predicted molar refractivity (Wildman–Crippen MR) is 76.5 cm³/mol. The zero-order valence-corrected chi connectivity index (χ0v) is 12.1. The number of halogens is 1. The lowest BCUT2D eigenvalue weighted by Crippen LogP contribution is -2.40. The normalized spacial score (nSPS) is 10.4. The van der Waals surface area contributed by atoms with Crippen molar-refractivity contribution < 1.29 is 24.6 Å². The Labute approximate surface area is 126 Å².